The Morgan fingerprint density at radius 2 is 1.04 bits per heavy atom. The van der Waals surface area contributed by atoms with E-state index in [9.17, 15) is 19.2 Å². The molecule has 2 aromatic heterocycles. The molecule has 4 saturated heterocycles. The van der Waals surface area contributed by atoms with Crippen molar-refractivity contribution >= 4 is 69.6 Å². The average molecular weight is 1070 g/mol. The predicted molar refractivity (Wildman–Crippen MR) is 290 cm³/mol. The second-order valence-electron chi connectivity index (χ2n) is 20.2. The second-order valence-corrected chi connectivity index (χ2v) is 22.2. The highest BCUT2D eigenvalue weighted by molar-refractivity contribution is 7.98. The Morgan fingerprint density at radius 3 is 1.43 bits per heavy atom. The number of likely N-dealkylation sites (tertiary alicyclic amines) is 2. The summed E-state index contributed by atoms with van der Waals surface area (Å²) in [6.45, 7) is 2.18. The number of nitrogens with one attached hydrogen (secondary N) is 4. The summed E-state index contributed by atoms with van der Waals surface area (Å²) in [6, 6.07) is 23.9. The number of hydrogen-bond donors (Lipinski definition) is 4. The Kier molecular flexibility index (Phi) is 15.1. The number of carbonyl (C=O) groups is 4. The molecule has 4 bridgehead atoms. The molecular weight excluding hydrogens is 1010 g/mol. The van der Waals surface area contributed by atoms with Gasteiger partial charge in [0.05, 0.1) is 87.9 Å². The highest BCUT2D eigenvalue weighted by Gasteiger charge is 2.54. The third kappa shape index (κ3) is 10.5. The van der Waals surface area contributed by atoms with E-state index in [0.29, 0.717) is 75.3 Å². The summed E-state index contributed by atoms with van der Waals surface area (Å²) in [5.41, 5.74) is 12.7. The van der Waals surface area contributed by atoms with E-state index in [1.165, 1.54) is 47.6 Å². The number of imidazole rings is 2. The molecule has 4 N–H and O–H groups in total. The van der Waals surface area contributed by atoms with Crippen LogP contribution in [0.2, 0.25) is 0 Å². The van der Waals surface area contributed by atoms with Crippen LogP contribution in [0.15, 0.2) is 72.8 Å². The quantitative estimate of drug-likeness (QED) is 0.0826. The maximum Gasteiger partial charge on any atom is 0.407 e. The van der Waals surface area contributed by atoms with Crippen LogP contribution in [0.25, 0.3) is 44.3 Å². The first kappa shape index (κ1) is 51.9. The van der Waals surface area contributed by atoms with Crippen LogP contribution in [-0.2, 0) is 63.7 Å². The number of carbonyl (C=O) groups excluding carboxylic acids is 4. The fourth-order valence-electron chi connectivity index (χ4n) is 11.6. The maximum absolute atomic E-state index is 14.3. The van der Waals surface area contributed by atoms with Gasteiger partial charge in [-0.1, -0.05) is 48.5 Å². The molecule has 18 nitrogen and oxygen atoms in total. The smallest absolute Gasteiger partial charge is 0.407 e. The number of ether oxygens (including phenoxy) is 6. The molecule has 0 radical (unpaired) electrons. The zero-order valence-corrected chi connectivity index (χ0v) is 44.9. The van der Waals surface area contributed by atoms with Crippen LogP contribution in [0.4, 0.5) is 9.59 Å². The number of methoxy groups -OCH3 is 2. The normalized spacial score (nSPS) is 20.4. The summed E-state index contributed by atoms with van der Waals surface area (Å²) >= 11 is 3.21. The van der Waals surface area contributed by atoms with E-state index in [2.05, 4.69) is 93.4 Å². The van der Waals surface area contributed by atoms with Crippen LogP contribution in [0, 0.1) is 0 Å². The van der Waals surface area contributed by atoms with Gasteiger partial charge in [-0.05, 0) is 131 Å². The number of aromatic nitrogens is 4. The molecule has 4 atom stereocenters. The van der Waals surface area contributed by atoms with Crippen LogP contribution >= 0.6 is 23.5 Å². The molecule has 6 heterocycles. The lowest BCUT2D eigenvalue weighted by Crippen LogP contribution is -2.50. The van der Waals surface area contributed by atoms with Gasteiger partial charge in [-0.25, -0.2) is 19.6 Å². The van der Waals surface area contributed by atoms with Gasteiger partial charge in [-0.15, -0.1) is 0 Å². The molecule has 4 aliphatic carbocycles. The lowest BCUT2D eigenvalue weighted by Gasteiger charge is -2.28. The van der Waals surface area contributed by atoms with E-state index in [1.54, 1.807) is 33.3 Å². The molecule has 14 rings (SSSR count). The topological polar surface area (TPSA) is 212 Å². The minimum atomic E-state index is -0.949. The van der Waals surface area contributed by atoms with Gasteiger partial charge < -0.3 is 58.8 Å². The lowest BCUT2D eigenvalue weighted by molar-refractivity contribution is -0.153. The van der Waals surface area contributed by atoms with Crippen LogP contribution in [0.3, 0.4) is 0 Å². The molecule has 4 aromatic carbocycles. The molecule has 400 valence electrons. The number of hydrogen-bond acceptors (Lipinski definition) is 14. The fourth-order valence-corrected chi connectivity index (χ4v) is 12.6. The summed E-state index contributed by atoms with van der Waals surface area (Å²) in [4.78, 5) is 74.3. The number of alkyl carbamates (subject to hydrolysis) is 2. The van der Waals surface area contributed by atoms with E-state index in [1.807, 2.05) is 12.5 Å². The first-order chi connectivity index (χ1) is 37.0. The van der Waals surface area contributed by atoms with Crippen molar-refractivity contribution in [2.24, 2.45) is 0 Å². The summed E-state index contributed by atoms with van der Waals surface area (Å²) in [5, 5.41) is 5.52. The standard InChI is InChI=1S/C56H64N8O10S2/c1-69-53(67)61-43(17-23-75-3)51(65)63-31-55(71-19-20-72-55)29-47(63)49-57-41-15-13-37(27-45(41)59-49)39-25-33-5-9-35(39)11-7-34-6-10-36(12-8-33)40(26-34)38-14-16-42-46(28-38)60-50(58-42)48-30-56(73-21-22-74-56)32-64(48)52(66)44(18-24-76-4)62-54(68)70-2/h5-6,9-10,13-16,25-28,43-44,47-48H,7-8,11-12,17-24,29-32H2,1-4H3,(H,57,59)(H,58,60)(H,61,67)(H,62,68)/t43-,44-,47-,48-/m0/s1. The number of H-pyrrole nitrogens is 2. The molecule has 4 fully saturated rings. The zero-order chi connectivity index (χ0) is 52.6. The Morgan fingerprint density at radius 1 is 0.618 bits per heavy atom. The van der Waals surface area contributed by atoms with E-state index >= 15 is 0 Å². The predicted octanol–water partition coefficient (Wildman–Crippen LogP) is 7.65. The lowest BCUT2D eigenvalue weighted by atomic mass is 9.87. The van der Waals surface area contributed by atoms with Gasteiger partial charge in [-0.2, -0.15) is 23.5 Å². The van der Waals surface area contributed by atoms with E-state index in [4.69, 9.17) is 38.4 Å². The third-order valence-corrected chi connectivity index (χ3v) is 16.8. The zero-order valence-electron chi connectivity index (χ0n) is 43.2. The van der Waals surface area contributed by atoms with Gasteiger partial charge in [-0.3, -0.25) is 9.59 Å². The van der Waals surface area contributed by atoms with Crippen molar-refractivity contribution in [3.8, 4) is 22.3 Å². The molecule has 6 aromatic rings. The number of thioether (sulfide) groups is 2. The summed E-state index contributed by atoms with van der Waals surface area (Å²) in [7, 11) is 2.58. The molecule has 4 amide bonds. The van der Waals surface area contributed by atoms with Crippen LogP contribution in [0.5, 0.6) is 0 Å². The minimum Gasteiger partial charge on any atom is -0.453 e. The van der Waals surface area contributed by atoms with Crippen LogP contribution < -0.4 is 10.6 Å². The first-order valence-corrected chi connectivity index (χ1v) is 28.8. The van der Waals surface area contributed by atoms with Gasteiger partial charge in [0, 0.05) is 12.8 Å². The van der Waals surface area contributed by atoms with Gasteiger partial charge in [0.25, 0.3) is 0 Å². The number of rotatable bonds is 14. The number of fused-ring (bicyclic) bond motifs is 2. The van der Waals surface area contributed by atoms with Crippen LogP contribution in [0.1, 0.15) is 71.7 Å². The van der Waals surface area contributed by atoms with Gasteiger partial charge in [0.15, 0.2) is 11.6 Å². The number of amides is 4. The van der Waals surface area contributed by atoms with E-state index in [-0.39, 0.29) is 24.9 Å². The molecule has 0 saturated carbocycles. The molecule has 2 spiro atoms. The molecule has 20 heteroatoms. The summed E-state index contributed by atoms with van der Waals surface area (Å²) in [5.74, 6) is 0.251. The van der Waals surface area contributed by atoms with Crippen molar-refractivity contribution in [3.05, 3.63) is 107 Å². The highest BCUT2D eigenvalue weighted by Crippen LogP contribution is 2.45. The first-order valence-electron chi connectivity index (χ1n) is 26.0. The number of aryl methyl sites for hydroxylation is 4. The third-order valence-electron chi connectivity index (χ3n) is 15.5. The van der Waals surface area contributed by atoms with Crippen molar-refractivity contribution in [3.63, 3.8) is 0 Å². The van der Waals surface area contributed by atoms with Gasteiger partial charge in [0.2, 0.25) is 11.8 Å². The fraction of sp³-hybridized carbons (Fsp3) is 0.464. The maximum atomic E-state index is 14.3. The van der Waals surface area contributed by atoms with E-state index < -0.39 is 47.9 Å². The molecule has 8 aliphatic rings. The monoisotopic (exact) mass is 1070 g/mol. The second kappa shape index (κ2) is 22.1. The van der Waals surface area contributed by atoms with Crippen molar-refractivity contribution < 1.29 is 47.6 Å². The van der Waals surface area contributed by atoms with Gasteiger partial charge >= 0.3 is 12.2 Å². The van der Waals surface area contributed by atoms with Crippen molar-refractivity contribution in [1.82, 2.24) is 40.4 Å². The van der Waals surface area contributed by atoms with Crippen molar-refractivity contribution in [2.45, 2.75) is 87.1 Å². The Bertz CT molecular complexity index is 2940. The number of aromatic amines is 2. The van der Waals surface area contributed by atoms with Gasteiger partial charge in [0.1, 0.15) is 23.7 Å². The highest BCUT2D eigenvalue weighted by atomic mass is 32.2. The number of benzene rings is 4. The SMILES string of the molecule is COC(=O)N[C@@H](CCSC)C(=O)N1CC2(C[C@H]1c1nc3cc(-c4cc5ccc4CCc4ccc(c(-c6ccc7[nH]c([C@@H]8CC9(CN8C(=O)[C@H](CCSC)NC(=O)OC)OCCO9)nc7c6)c4)CC5)ccc3[nH]1)OCCO2. The largest absolute Gasteiger partial charge is 0.453 e. The van der Waals surface area contributed by atoms with Crippen molar-refractivity contribution in [1.29, 1.82) is 0 Å². The number of nitrogens with zero attached hydrogens (tertiary/aromatic N) is 4. The Hall–Kier alpha value is -6.16. The van der Waals surface area contributed by atoms with Crippen LogP contribution in [-0.4, -0.2) is 155 Å². The van der Waals surface area contributed by atoms with E-state index in [0.717, 1.165) is 58.9 Å². The average Bonchev–Trinajstić information content (AvgIpc) is 4.35. The summed E-state index contributed by atoms with van der Waals surface area (Å²) < 4.78 is 34.4. The Balaban J connectivity index is 0.841. The molecular formula is C56H64N8O10S2. The van der Waals surface area contributed by atoms with Crippen molar-refractivity contribution in [2.75, 3.05) is 77.8 Å². The summed E-state index contributed by atoms with van der Waals surface area (Å²) in [6.07, 6.45) is 7.59. The molecule has 4 aliphatic heterocycles. The minimum absolute atomic E-state index is 0.217. The molecule has 0 unspecified atom stereocenters. The Labute approximate surface area is 449 Å². The molecule has 76 heavy (non-hydrogen) atoms.